The second-order valence-electron chi connectivity index (χ2n) is 8.36. The molecule has 3 fully saturated rings. The standard InChI is InChI=1S/C20H28O6/c1-6-9(2)18(23)26-17-15-11(4)19(24)25-13(15)7-10(3)16-12(21)8-14(22)20(16,17)5/h6,10-13,15-17,21H,7-8H2,1-5H3/b9-6+/t10-,11+,12+,13?,15?,16?,17?,20-/m1/s1. The van der Waals surface area contributed by atoms with E-state index in [1.807, 2.05) is 6.92 Å². The van der Waals surface area contributed by atoms with Gasteiger partial charge in [-0.1, -0.05) is 19.9 Å². The van der Waals surface area contributed by atoms with E-state index in [9.17, 15) is 19.5 Å². The van der Waals surface area contributed by atoms with E-state index in [-0.39, 0.29) is 35.9 Å². The number of hydrogen-bond donors (Lipinski definition) is 1. The lowest BCUT2D eigenvalue weighted by molar-refractivity contribution is -0.165. The highest BCUT2D eigenvalue weighted by atomic mass is 16.6. The van der Waals surface area contributed by atoms with Crippen LogP contribution in [0.3, 0.4) is 0 Å². The molecule has 0 amide bonds. The molecular weight excluding hydrogens is 336 g/mol. The van der Waals surface area contributed by atoms with Crippen LogP contribution in [0.1, 0.15) is 47.5 Å². The van der Waals surface area contributed by atoms with Gasteiger partial charge in [0.25, 0.3) is 0 Å². The summed E-state index contributed by atoms with van der Waals surface area (Å²) in [6.45, 7) is 8.92. The van der Waals surface area contributed by atoms with Crippen LogP contribution in [0.2, 0.25) is 0 Å². The molecule has 2 aliphatic carbocycles. The van der Waals surface area contributed by atoms with Crippen LogP contribution in [-0.2, 0) is 23.9 Å². The normalized spacial score (nSPS) is 45.6. The number of aliphatic hydroxyl groups is 1. The first kappa shape index (κ1) is 19.1. The molecule has 6 nitrogen and oxygen atoms in total. The van der Waals surface area contributed by atoms with Crippen LogP contribution in [0.15, 0.2) is 11.6 Å². The van der Waals surface area contributed by atoms with E-state index >= 15 is 0 Å². The van der Waals surface area contributed by atoms with Gasteiger partial charge in [-0.3, -0.25) is 9.59 Å². The van der Waals surface area contributed by atoms with E-state index in [4.69, 9.17) is 9.47 Å². The molecule has 3 rings (SSSR count). The molecule has 0 aromatic heterocycles. The Morgan fingerprint density at radius 1 is 1.35 bits per heavy atom. The van der Waals surface area contributed by atoms with Crippen molar-refractivity contribution in [1.82, 2.24) is 0 Å². The fourth-order valence-corrected chi connectivity index (χ4v) is 5.36. The lowest BCUT2D eigenvalue weighted by Crippen LogP contribution is -2.51. The van der Waals surface area contributed by atoms with Crippen molar-refractivity contribution in [1.29, 1.82) is 0 Å². The average molecular weight is 364 g/mol. The Labute approximate surface area is 153 Å². The minimum absolute atomic E-state index is 0.0291. The van der Waals surface area contributed by atoms with Crippen molar-refractivity contribution in [3.63, 3.8) is 0 Å². The molecule has 6 heteroatoms. The highest BCUT2D eigenvalue weighted by Gasteiger charge is 2.66. The largest absolute Gasteiger partial charge is 0.462 e. The minimum atomic E-state index is -1.02. The summed E-state index contributed by atoms with van der Waals surface area (Å²) >= 11 is 0. The van der Waals surface area contributed by atoms with Gasteiger partial charge in [-0.2, -0.15) is 0 Å². The summed E-state index contributed by atoms with van der Waals surface area (Å²) in [5.74, 6) is -2.12. The van der Waals surface area contributed by atoms with Crippen LogP contribution in [-0.4, -0.2) is 41.1 Å². The van der Waals surface area contributed by atoms with Crippen molar-refractivity contribution < 1.29 is 29.0 Å². The molecule has 0 aromatic carbocycles. The summed E-state index contributed by atoms with van der Waals surface area (Å²) in [5, 5.41) is 10.6. The molecular formula is C20H28O6. The van der Waals surface area contributed by atoms with Crippen molar-refractivity contribution in [3.05, 3.63) is 11.6 Å². The monoisotopic (exact) mass is 364 g/mol. The number of Topliss-reactive ketones (excluding diaryl/α,β-unsaturated/α-hetero) is 1. The lowest BCUT2D eigenvalue weighted by Gasteiger charge is -2.40. The van der Waals surface area contributed by atoms with Crippen molar-refractivity contribution in [3.8, 4) is 0 Å². The fourth-order valence-electron chi connectivity index (χ4n) is 5.36. The van der Waals surface area contributed by atoms with Crippen molar-refractivity contribution in [2.75, 3.05) is 0 Å². The first-order valence-corrected chi connectivity index (χ1v) is 9.38. The summed E-state index contributed by atoms with van der Waals surface area (Å²) < 4.78 is 11.4. The number of allylic oxidation sites excluding steroid dienone is 1. The number of carbonyl (C=O) groups excluding carboxylic acids is 3. The molecule has 0 radical (unpaired) electrons. The molecule has 26 heavy (non-hydrogen) atoms. The predicted octanol–water partition coefficient (Wildman–Crippen LogP) is 2.04. The van der Waals surface area contributed by atoms with E-state index < -0.39 is 35.6 Å². The third-order valence-corrected chi connectivity index (χ3v) is 6.90. The molecule has 1 aliphatic heterocycles. The first-order chi connectivity index (χ1) is 12.1. The highest BCUT2D eigenvalue weighted by molar-refractivity contribution is 5.91. The van der Waals surface area contributed by atoms with Crippen LogP contribution in [0.5, 0.6) is 0 Å². The summed E-state index contributed by atoms with van der Waals surface area (Å²) in [6, 6.07) is 0. The van der Waals surface area contributed by atoms with Gasteiger partial charge in [0, 0.05) is 23.8 Å². The molecule has 0 aromatic rings. The lowest BCUT2D eigenvalue weighted by atomic mass is 9.66. The van der Waals surface area contributed by atoms with E-state index in [1.54, 1.807) is 33.8 Å². The number of ether oxygens (including phenoxy) is 2. The van der Waals surface area contributed by atoms with Crippen LogP contribution in [0.4, 0.5) is 0 Å². The summed E-state index contributed by atoms with van der Waals surface area (Å²) in [4.78, 5) is 37.7. The number of carbonyl (C=O) groups is 3. The third-order valence-electron chi connectivity index (χ3n) is 6.90. The quantitative estimate of drug-likeness (QED) is 0.596. The molecule has 144 valence electrons. The maximum absolute atomic E-state index is 13.0. The Morgan fingerprint density at radius 2 is 2.00 bits per heavy atom. The second kappa shape index (κ2) is 6.48. The maximum Gasteiger partial charge on any atom is 0.333 e. The Hall–Kier alpha value is -1.69. The molecule has 8 atom stereocenters. The molecule has 1 saturated heterocycles. The Bertz CT molecular complexity index is 667. The topological polar surface area (TPSA) is 89.9 Å². The molecule has 0 bridgehead atoms. The maximum atomic E-state index is 13.0. The Kier molecular flexibility index (Phi) is 4.76. The number of aliphatic hydroxyl groups excluding tert-OH is 1. The Morgan fingerprint density at radius 3 is 2.62 bits per heavy atom. The molecule has 3 aliphatic rings. The van der Waals surface area contributed by atoms with Crippen molar-refractivity contribution in [2.24, 2.45) is 29.1 Å². The zero-order valence-electron chi connectivity index (χ0n) is 16.0. The van der Waals surface area contributed by atoms with Crippen LogP contribution in [0.25, 0.3) is 0 Å². The van der Waals surface area contributed by atoms with E-state index in [2.05, 4.69) is 0 Å². The van der Waals surface area contributed by atoms with Gasteiger partial charge in [-0.05, 0) is 33.1 Å². The predicted molar refractivity (Wildman–Crippen MR) is 92.9 cm³/mol. The highest BCUT2D eigenvalue weighted by Crippen LogP contribution is 2.56. The van der Waals surface area contributed by atoms with Gasteiger partial charge in [0.2, 0.25) is 0 Å². The summed E-state index contributed by atoms with van der Waals surface area (Å²) in [6.07, 6.45) is 0.306. The van der Waals surface area contributed by atoms with Crippen LogP contribution < -0.4 is 0 Å². The van der Waals surface area contributed by atoms with E-state index in [1.165, 1.54) is 0 Å². The Balaban J connectivity index is 2.10. The first-order valence-electron chi connectivity index (χ1n) is 9.38. The molecule has 4 unspecified atom stereocenters. The number of fused-ring (bicyclic) bond motifs is 2. The molecule has 2 saturated carbocycles. The molecule has 1 heterocycles. The van der Waals surface area contributed by atoms with Gasteiger partial charge in [-0.25, -0.2) is 4.79 Å². The number of ketones is 1. The zero-order chi connectivity index (χ0) is 19.4. The molecule has 0 spiro atoms. The fraction of sp³-hybridized carbons (Fsp3) is 0.750. The van der Waals surface area contributed by atoms with Gasteiger partial charge in [0.1, 0.15) is 18.0 Å². The van der Waals surface area contributed by atoms with Gasteiger partial charge >= 0.3 is 11.9 Å². The van der Waals surface area contributed by atoms with Crippen LogP contribution >= 0.6 is 0 Å². The van der Waals surface area contributed by atoms with Gasteiger partial charge in [-0.15, -0.1) is 0 Å². The van der Waals surface area contributed by atoms with Gasteiger partial charge in [0.15, 0.2) is 0 Å². The second-order valence-corrected chi connectivity index (χ2v) is 8.36. The van der Waals surface area contributed by atoms with Gasteiger partial charge in [0.05, 0.1) is 17.4 Å². The number of rotatable bonds is 2. The van der Waals surface area contributed by atoms with Gasteiger partial charge < -0.3 is 14.6 Å². The summed E-state index contributed by atoms with van der Waals surface area (Å²) in [7, 11) is 0. The number of esters is 2. The number of hydrogen-bond acceptors (Lipinski definition) is 6. The summed E-state index contributed by atoms with van der Waals surface area (Å²) in [5.41, 5.74) is -0.577. The third kappa shape index (κ3) is 2.61. The zero-order valence-corrected chi connectivity index (χ0v) is 16.0. The van der Waals surface area contributed by atoms with E-state index in [0.29, 0.717) is 12.0 Å². The minimum Gasteiger partial charge on any atom is -0.462 e. The van der Waals surface area contributed by atoms with E-state index in [0.717, 1.165) is 0 Å². The smallest absolute Gasteiger partial charge is 0.333 e. The van der Waals surface area contributed by atoms with Crippen LogP contribution in [0, 0.1) is 29.1 Å². The SMILES string of the molecule is C/C=C(\C)C(=O)OC1C2C(C[C@@H](C)C3[C@@H](O)CC(=O)[C@@]13C)OC(=O)[C@H]2C. The van der Waals surface area contributed by atoms with Crippen molar-refractivity contribution in [2.45, 2.75) is 65.8 Å². The molecule has 1 N–H and O–H groups in total. The average Bonchev–Trinajstić information content (AvgIpc) is 2.94. The van der Waals surface area contributed by atoms with Crippen molar-refractivity contribution >= 4 is 17.7 Å².